The van der Waals surface area contributed by atoms with Crippen LogP contribution in [0.3, 0.4) is 0 Å². The lowest BCUT2D eigenvalue weighted by Crippen LogP contribution is -2.13. The van der Waals surface area contributed by atoms with Crippen molar-refractivity contribution in [3.05, 3.63) is 23.8 Å². The van der Waals surface area contributed by atoms with E-state index in [9.17, 15) is 9.59 Å². The third kappa shape index (κ3) is 5.49. The van der Waals surface area contributed by atoms with Crippen molar-refractivity contribution in [3.63, 3.8) is 0 Å². The summed E-state index contributed by atoms with van der Waals surface area (Å²) < 4.78 is 4.85. The van der Waals surface area contributed by atoms with Gasteiger partial charge in [0.05, 0.1) is 12.5 Å². The molecule has 0 fully saturated rings. The van der Waals surface area contributed by atoms with Gasteiger partial charge in [0.2, 0.25) is 0 Å². The van der Waals surface area contributed by atoms with Gasteiger partial charge in [0.25, 0.3) is 0 Å². The molecule has 0 aliphatic heterocycles. The fourth-order valence-corrected chi connectivity index (χ4v) is 1.16. The van der Waals surface area contributed by atoms with Crippen LogP contribution in [0.4, 0.5) is 0 Å². The van der Waals surface area contributed by atoms with E-state index in [-0.39, 0.29) is 17.7 Å². The Kier molecular flexibility index (Phi) is 7.18. The first-order chi connectivity index (χ1) is 7.52. The van der Waals surface area contributed by atoms with Gasteiger partial charge in [-0.25, -0.2) is 0 Å². The molecule has 0 saturated heterocycles. The van der Waals surface area contributed by atoms with E-state index in [1.165, 1.54) is 6.08 Å². The first-order valence-electron chi connectivity index (χ1n) is 5.58. The minimum absolute atomic E-state index is 0.0574. The molecule has 0 N–H and O–H groups in total. The molecule has 0 rings (SSSR count). The van der Waals surface area contributed by atoms with E-state index in [1.807, 2.05) is 6.92 Å². The van der Waals surface area contributed by atoms with Crippen molar-refractivity contribution in [1.82, 2.24) is 0 Å². The van der Waals surface area contributed by atoms with Crippen LogP contribution < -0.4 is 0 Å². The predicted molar refractivity (Wildman–Crippen MR) is 64.0 cm³/mol. The van der Waals surface area contributed by atoms with E-state index in [0.717, 1.165) is 6.42 Å². The molecule has 3 nitrogen and oxygen atoms in total. The summed E-state index contributed by atoms with van der Waals surface area (Å²) in [4.78, 5) is 22.8. The zero-order valence-corrected chi connectivity index (χ0v) is 10.4. The van der Waals surface area contributed by atoms with Gasteiger partial charge in [0, 0.05) is 0 Å². The topological polar surface area (TPSA) is 43.4 Å². The second-order valence-electron chi connectivity index (χ2n) is 3.57. The van der Waals surface area contributed by atoms with Crippen LogP contribution in [0.2, 0.25) is 0 Å². The molecular weight excluding hydrogens is 204 g/mol. The van der Waals surface area contributed by atoms with E-state index in [4.69, 9.17) is 4.74 Å². The molecular formula is C13H20O3. The van der Waals surface area contributed by atoms with Crippen LogP contribution in [0.1, 0.15) is 34.1 Å². The van der Waals surface area contributed by atoms with Gasteiger partial charge >= 0.3 is 5.97 Å². The molecule has 0 aliphatic carbocycles. The molecule has 0 aromatic heterocycles. The highest BCUT2D eigenvalue weighted by Crippen LogP contribution is 2.07. The second-order valence-corrected chi connectivity index (χ2v) is 3.57. The summed E-state index contributed by atoms with van der Waals surface area (Å²) in [6, 6.07) is 0. The molecule has 90 valence electrons. The van der Waals surface area contributed by atoms with Gasteiger partial charge in [-0.3, -0.25) is 9.59 Å². The van der Waals surface area contributed by atoms with Crippen molar-refractivity contribution in [2.24, 2.45) is 5.92 Å². The highest BCUT2D eigenvalue weighted by atomic mass is 16.5. The summed E-state index contributed by atoms with van der Waals surface area (Å²) in [5.74, 6) is -0.731. The van der Waals surface area contributed by atoms with Crippen LogP contribution in [-0.2, 0) is 14.3 Å². The first-order valence-corrected chi connectivity index (χ1v) is 5.58. The van der Waals surface area contributed by atoms with E-state index in [2.05, 4.69) is 0 Å². The maximum Gasteiger partial charge on any atom is 0.312 e. The zero-order valence-electron chi connectivity index (χ0n) is 10.4. The minimum atomic E-state index is -0.376. The number of allylic oxidation sites excluding steroid dienone is 3. The summed E-state index contributed by atoms with van der Waals surface area (Å²) in [5, 5.41) is 0. The molecule has 0 aromatic rings. The Hall–Kier alpha value is -1.38. The number of esters is 1. The standard InChI is InChI=1S/C13H20O3/c1-5-7-8-12(14)10(3)9-11(4)13(15)16-6-2/h7-9,11H,5-6H2,1-4H3/b8-7+,10-9+. The van der Waals surface area contributed by atoms with E-state index in [0.29, 0.717) is 12.2 Å². The van der Waals surface area contributed by atoms with E-state index in [1.54, 1.807) is 32.9 Å². The third-order valence-corrected chi connectivity index (χ3v) is 2.05. The molecule has 1 unspecified atom stereocenters. The van der Waals surface area contributed by atoms with Gasteiger partial charge < -0.3 is 4.74 Å². The maximum atomic E-state index is 11.5. The summed E-state index contributed by atoms with van der Waals surface area (Å²) in [7, 11) is 0. The molecule has 0 bridgehead atoms. The van der Waals surface area contributed by atoms with Gasteiger partial charge in [0.15, 0.2) is 5.78 Å². The highest BCUT2D eigenvalue weighted by Gasteiger charge is 2.12. The number of ketones is 1. The molecule has 16 heavy (non-hydrogen) atoms. The van der Waals surface area contributed by atoms with Crippen molar-refractivity contribution in [2.75, 3.05) is 6.61 Å². The molecule has 0 amide bonds. The van der Waals surface area contributed by atoms with Crippen LogP contribution in [0.25, 0.3) is 0 Å². The van der Waals surface area contributed by atoms with Crippen LogP contribution >= 0.6 is 0 Å². The largest absolute Gasteiger partial charge is 0.466 e. The van der Waals surface area contributed by atoms with Gasteiger partial charge in [0.1, 0.15) is 0 Å². The number of rotatable bonds is 6. The predicted octanol–water partition coefficient (Wildman–Crippen LogP) is 2.67. The van der Waals surface area contributed by atoms with Crippen LogP contribution in [-0.4, -0.2) is 18.4 Å². The lowest BCUT2D eigenvalue weighted by atomic mass is 10.1. The number of ether oxygens (including phenoxy) is 1. The van der Waals surface area contributed by atoms with E-state index < -0.39 is 0 Å². The molecule has 0 heterocycles. The van der Waals surface area contributed by atoms with Crippen molar-refractivity contribution in [1.29, 1.82) is 0 Å². The molecule has 0 spiro atoms. The normalized spacial score (nSPS) is 13.9. The number of carbonyl (C=O) groups is 2. The van der Waals surface area contributed by atoms with Crippen molar-refractivity contribution in [3.8, 4) is 0 Å². The third-order valence-electron chi connectivity index (χ3n) is 2.05. The van der Waals surface area contributed by atoms with Crippen LogP contribution in [0.5, 0.6) is 0 Å². The number of hydrogen-bond acceptors (Lipinski definition) is 3. The zero-order chi connectivity index (χ0) is 12.6. The number of carbonyl (C=O) groups excluding carboxylic acids is 2. The summed E-state index contributed by atoms with van der Waals surface area (Å²) in [5.41, 5.74) is 0.574. The van der Waals surface area contributed by atoms with Gasteiger partial charge in [-0.2, -0.15) is 0 Å². The Labute approximate surface area is 97.2 Å². The highest BCUT2D eigenvalue weighted by molar-refractivity contribution is 6.03. The summed E-state index contributed by atoms with van der Waals surface area (Å²) in [6.45, 7) is 7.51. The monoisotopic (exact) mass is 224 g/mol. The minimum Gasteiger partial charge on any atom is -0.466 e. The number of hydrogen-bond donors (Lipinski definition) is 0. The Morgan fingerprint density at radius 2 is 1.94 bits per heavy atom. The average molecular weight is 224 g/mol. The van der Waals surface area contributed by atoms with Gasteiger partial charge in [-0.15, -0.1) is 0 Å². The Balaban J connectivity index is 4.46. The maximum absolute atomic E-state index is 11.5. The van der Waals surface area contributed by atoms with Crippen LogP contribution in [0, 0.1) is 5.92 Å². The van der Waals surface area contributed by atoms with Crippen molar-refractivity contribution < 1.29 is 14.3 Å². The fraction of sp³-hybridized carbons (Fsp3) is 0.538. The van der Waals surface area contributed by atoms with Gasteiger partial charge in [-0.1, -0.05) is 19.1 Å². The molecule has 0 aromatic carbocycles. The molecule has 0 aliphatic rings. The fourth-order valence-electron chi connectivity index (χ4n) is 1.16. The lowest BCUT2D eigenvalue weighted by Gasteiger charge is -2.06. The quantitative estimate of drug-likeness (QED) is 0.514. The molecule has 3 heteroatoms. The van der Waals surface area contributed by atoms with Crippen LogP contribution in [0.15, 0.2) is 23.8 Å². The molecule has 0 saturated carbocycles. The average Bonchev–Trinajstić information content (AvgIpc) is 2.25. The van der Waals surface area contributed by atoms with E-state index >= 15 is 0 Å². The Bertz CT molecular complexity index is 300. The SMILES string of the molecule is CC/C=C/C(=O)/C(C)=C/C(C)C(=O)OCC. The molecule has 1 atom stereocenters. The van der Waals surface area contributed by atoms with Crippen molar-refractivity contribution >= 4 is 11.8 Å². The van der Waals surface area contributed by atoms with Gasteiger partial charge in [-0.05, 0) is 38.8 Å². The Morgan fingerprint density at radius 3 is 2.44 bits per heavy atom. The molecule has 0 radical (unpaired) electrons. The second kappa shape index (κ2) is 7.85. The first kappa shape index (κ1) is 14.6. The summed E-state index contributed by atoms with van der Waals surface area (Å²) in [6.07, 6.45) is 5.80. The Morgan fingerprint density at radius 1 is 1.31 bits per heavy atom. The lowest BCUT2D eigenvalue weighted by molar-refractivity contribution is -0.145. The summed E-state index contributed by atoms with van der Waals surface area (Å²) >= 11 is 0. The van der Waals surface area contributed by atoms with Crippen molar-refractivity contribution in [2.45, 2.75) is 34.1 Å². The smallest absolute Gasteiger partial charge is 0.312 e.